The Kier molecular flexibility index (Phi) is 4.09. The van der Waals surface area contributed by atoms with Gasteiger partial charge in [-0.05, 0) is 24.3 Å². The van der Waals surface area contributed by atoms with Gasteiger partial charge in [0, 0.05) is 44.9 Å². The summed E-state index contributed by atoms with van der Waals surface area (Å²) in [7, 11) is 2.01. The second-order valence-corrected chi connectivity index (χ2v) is 7.08. The van der Waals surface area contributed by atoms with Crippen LogP contribution in [-0.2, 0) is 4.79 Å². The molecule has 0 radical (unpaired) electrons. The van der Waals surface area contributed by atoms with Gasteiger partial charge in [-0.2, -0.15) is 0 Å². The fraction of sp³-hybridized carbons (Fsp3) is 0.588. The fourth-order valence-corrected chi connectivity index (χ4v) is 4.70. The van der Waals surface area contributed by atoms with Crippen LogP contribution in [0, 0.1) is 17.8 Å². The Hall–Kier alpha value is -2.19. The number of nitrogens with one attached hydrogen (secondary N) is 1. The highest BCUT2D eigenvalue weighted by molar-refractivity contribution is 5.87. The van der Waals surface area contributed by atoms with Crippen LogP contribution in [0.3, 0.4) is 0 Å². The summed E-state index contributed by atoms with van der Waals surface area (Å²) in [5.41, 5.74) is 0.801. The van der Waals surface area contributed by atoms with Crippen LogP contribution in [0.15, 0.2) is 18.6 Å². The van der Waals surface area contributed by atoms with Gasteiger partial charge in [0.2, 0.25) is 5.91 Å². The van der Waals surface area contributed by atoms with Crippen molar-refractivity contribution in [3.05, 3.63) is 18.6 Å². The van der Waals surface area contributed by atoms with Gasteiger partial charge in [-0.3, -0.25) is 4.79 Å². The number of aromatic nitrogens is 3. The molecule has 1 saturated carbocycles. The number of aromatic amines is 1. The number of aliphatic hydroxyl groups excluding tert-OH is 2. The molecule has 1 amide bonds. The molecule has 4 atom stereocenters. The Morgan fingerprint density at radius 2 is 2.24 bits per heavy atom. The molecule has 1 unspecified atom stereocenters. The maximum absolute atomic E-state index is 11.8. The number of carbonyl (C=O) groups is 1. The molecule has 1 saturated heterocycles. The first kappa shape index (κ1) is 16.3. The summed E-state index contributed by atoms with van der Waals surface area (Å²) < 4.78 is 0. The van der Waals surface area contributed by atoms with Crippen molar-refractivity contribution in [3.63, 3.8) is 0 Å². The van der Waals surface area contributed by atoms with Gasteiger partial charge in [0.25, 0.3) is 0 Å². The Morgan fingerprint density at radius 3 is 3.00 bits per heavy atom. The second kappa shape index (κ2) is 6.27. The van der Waals surface area contributed by atoms with Crippen LogP contribution in [0.5, 0.6) is 0 Å². The van der Waals surface area contributed by atoms with Crippen molar-refractivity contribution >= 4 is 22.8 Å². The Morgan fingerprint density at radius 1 is 1.40 bits per heavy atom. The number of nitrogens with zero attached hydrogens (tertiary/aromatic N) is 4. The summed E-state index contributed by atoms with van der Waals surface area (Å²) >= 11 is 0. The molecule has 8 nitrogen and oxygen atoms in total. The lowest BCUT2D eigenvalue weighted by molar-refractivity contribution is -0.133. The van der Waals surface area contributed by atoms with Crippen LogP contribution in [0.4, 0.5) is 5.82 Å². The zero-order chi connectivity index (χ0) is 17.6. The predicted octanol–water partition coefficient (Wildman–Crippen LogP) is -0.158. The number of aliphatic hydroxyl groups is 2. The average molecular weight is 345 g/mol. The monoisotopic (exact) mass is 345 g/mol. The summed E-state index contributed by atoms with van der Waals surface area (Å²) in [6.45, 7) is 0.912. The minimum absolute atomic E-state index is 0.0791. The summed E-state index contributed by atoms with van der Waals surface area (Å²) in [5, 5.41) is 20.1. The number of likely N-dealkylation sites (tertiary alicyclic amines) is 1. The number of rotatable bonds is 4. The van der Waals surface area contributed by atoms with Crippen LogP contribution < -0.4 is 4.90 Å². The normalized spacial score (nSPS) is 28.5. The highest BCUT2D eigenvalue weighted by atomic mass is 16.3. The third kappa shape index (κ3) is 2.56. The largest absolute Gasteiger partial charge is 0.396 e. The SMILES string of the molecule is CN(c1ncnc2[nH]ccc12)C1C[C@H]2CN(C(=O)CO)C[C@H]2[C@@H]1CO. The number of hydrogen-bond acceptors (Lipinski definition) is 6. The average Bonchev–Trinajstić information content (AvgIpc) is 3.33. The number of carbonyl (C=O) groups excluding carboxylic acids is 1. The molecule has 4 rings (SSSR count). The first-order valence-corrected chi connectivity index (χ1v) is 8.64. The van der Waals surface area contributed by atoms with E-state index in [2.05, 4.69) is 19.9 Å². The van der Waals surface area contributed by atoms with Gasteiger partial charge in [-0.25, -0.2) is 9.97 Å². The van der Waals surface area contributed by atoms with E-state index in [0.717, 1.165) is 23.3 Å². The zero-order valence-electron chi connectivity index (χ0n) is 14.2. The Labute approximate surface area is 145 Å². The van der Waals surface area contributed by atoms with E-state index in [0.29, 0.717) is 19.0 Å². The lowest BCUT2D eigenvalue weighted by Gasteiger charge is -2.32. The van der Waals surface area contributed by atoms with E-state index >= 15 is 0 Å². The molecular formula is C17H23N5O3. The lowest BCUT2D eigenvalue weighted by atomic mass is 9.91. The molecule has 2 aromatic rings. The molecule has 1 aliphatic heterocycles. The highest BCUT2D eigenvalue weighted by Crippen LogP contribution is 2.45. The fourth-order valence-electron chi connectivity index (χ4n) is 4.70. The zero-order valence-corrected chi connectivity index (χ0v) is 14.2. The van der Waals surface area contributed by atoms with E-state index in [9.17, 15) is 9.90 Å². The molecule has 1 aliphatic carbocycles. The van der Waals surface area contributed by atoms with Crippen LogP contribution in [0.2, 0.25) is 0 Å². The molecule has 2 fully saturated rings. The van der Waals surface area contributed by atoms with Gasteiger partial charge >= 0.3 is 0 Å². The van der Waals surface area contributed by atoms with Crippen molar-refractivity contribution in [1.82, 2.24) is 19.9 Å². The number of anilines is 1. The van der Waals surface area contributed by atoms with E-state index in [1.54, 1.807) is 11.2 Å². The molecule has 2 aliphatic rings. The second-order valence-electron chi connectivity index (χ2n) is 7.08. The Bertz CT molecular complexity index is 778. The quantitative estimate of drug-likeness (QED) is 0.711. The number of amides is 1. The predicted molar refractivity (Wildman–Crippen MR) is 91.9 cm³/mol. The summed E-state index contributed by atoms with van der Waals surface area (Å²) in [6.07, 6.45) is 4.30. The first-order chi connectivity index (χ1) is 12.1. The minimum Gasteiger partial charge on any atom is -0.396 e. The number of H-pyrrole nitrogens is 1. The van der Waals surface area contributed by atoms with Crippen molar-refractivity contribution in [3.8, 4) is 0 Å². The topological polar surface area (TPSA) is 106 Å². The smallest absolute Gasteiger partial charge is 0.248 e. The Balaban J connectivity index is 1.58. The lowest BCUT2D eigenvalue weighted by Crippen LogP contribution is -2.41. The van der Waals surface area contributed by atoms with E-state index in [1.807, 2.05) is 19.3 Å². The summed E-state index contributed by atoms with van der Waals surface area (Å²) in [4.78, 5) is 27.4. The van der Waals surface area contributed by atoms with Gasteiger partial charge in [-0.1, -0.05) is 0 Å². The maximum atomic E-state index is 11.8. The molecule has 2 aromatic heterocycles. The van der Waals surface area contributed by atoms with Crippen LogP contribution in [-0.4, -0.2) is 75.4 Å². The van der Waals surface area contributed by atoms with Crippen LogP contribution in [0.25, 0.3) is 11.0 Å². The van der Waals surface area contributed by atoms with Crippen molar-refractivity contribution < 1.29 is 15.0 Å². The van der Waals surface area contributed by atoms with Gasteiger partial charge in [0.05, 0.1) is 5.39 Å². The van der Waals surface area contributed by atoms with Gasteiger partial charge in [-0.15, -0.1) is 0 Å². The van der Waals surface area contributed by atoms with Gasteiger partial charge in [0.1, 0.15) is 24.4 Å². The first-order valence-electron chi connectivity index (χ1n) is 8.64. The summed E-state index contributed by atoms with van der Waals surface area (Å²) in [6, 6.07) is 2.13. The summed E-state index contributed by atoms with van der Waals surface area (Å²) in [5.74, 6) is 1.33. The number of fused-ring (bicyclic) bond motifs is 2. The van der Waals surface area contributed by atoms with Crippen molar-refractivity contribution in [2.75, 3.05) is 38.3 Å². The molecule has 134 valence electrons. The maximum Gasteiger partial charge on any atom is 0.248 e. The third-order valence-corrected chi connectivity index (χ3v) is 5.94. The van der Waals surface area contributed by atoms with Gasteiger partial charge < -0.3 is 25.0 Å². The minimum atomic E-state index is -0.445. The van der Waals surface area contributed by atoms with E-state index in [4.69, 9.17) is 5.11 Å². The van der Waals surface area contributed by atoms with Crippen molar-refractivity contribution in [2.24, 2.45) is 17.8 Å². The third-order valence-electron chi connectivity index (χ3n) is 5.94. The van der Waals surface area contributed by atoms with Crippen molar-refractivity contribution in [1.29, 1.82) is 0 Å². The molecule has 25 heavy (non-hydrogen) atoms. The van der Waals surface area contributed by atoms with E-state index < -0.39 is 6.61 Å². The van der Waals surface area contributed by atoms with E-state index in [-0.39, 0.29) is 30.4 Å². The number of hydrogen-bond donors (Lipinski definition) is 3. The molecule has 0 spiro atoms. The molecule has 0 aromatic carbocycles. The molecule has 8 heteroatoms. The standard InChI is InChI=1S/C17H23N5O3/c1-21(17-11-2-3-18-16(11)19-9-20-17)14-4-10-5-22(15(25)8-24)6-12(10)13(14)7-23/h2-3,9-10,12-14,23-24H,4-8H2,1H3,(H,18,19,20)/t10-,12+,13-,14?/m0/s1. The molecule has 3 heterocycles. The van der Waals surface area contributed by atoms with E-state index in [1.165, 1.54) is 0 Å². The molecule has 3 N–H and O–H groups in total. The molecular weight excluding hydrogens is 322 g/mol. The van der Waals surface area contributed by atoms with Crippen molar-refractivity contribution in [2.45, 2.75) is 12.5 Å². The van der Waals surface area contributed by atoms with Gasteiger partial charge in [0.15, 0.2) is 0 Å². The van der Waals surface area contributed by atoms with Crippen LogP contribution >= 0.6 is 0 Å². The highest BCUT2D eigenvalue weighted by Gasteiger charge is 2.50. The van der Waals surface area contributed by atoms with Crippen LogP contribution in [0.1, 0.15) is 6.42 Å². The molecule has 0 bridgehead atoms.